The topological polar surface area (TPSA) is 89.9 Å². The van der Waals surface area contributed by atoms with Crippen LogP contribution in [-0.4, -0.2) is 29.1 Å². The zero-order valence-electron chi connectivity index (χ0n) is 29.9. The summed E-state index contributed by atoms with van der Waals surface area (Å²) in [5, 5.41) is 9.06. The predicted octanol–water partition coefficient (Wildman–Crippen LogP) is 9.16. The van der Waals surface area contributed by atoms with E-state index in [4.69, 9.17) is 14.6 Å². The third-order valence-electron chi connectivity index (χ3n) is 15.4. The molecule has 10 atom stereocenters. The molecule has 258 valence electrons. The van der Waals surface area contributed by atoms with Crippen LogP contribution in [0.1, 0.15) is 125 Å². The highest BCUT2D eigenvalue weighted by Gasteiger charge is 2.70. The maximum absolute atomic E-state index is 14.3. The molecule has 0 radical (unpaired) electrons. The van der Waals surface area contributed by atoms with Crippen LogP contribution in [0.4, 0.5) is 0 Å². The summed E-state index contributed by atoms with van der Waals surface area (Å²) in [6.07, 6.45) is 11.1. The Balaban J connectivity index is 1.29. The van der Waals surface area contributed by atoms with Gasteiger partial charge in [-0.2, -0.15) is 0 Å². The fourth-order valence-electron chi connectivity index (χ4n) is 12.3. The van der Waals surface area contributed by atoms with Crippen LogP contribution in [0.25, 0.3) is 0 Å². The molecule has 5 aliphatic carbocycles. The van der Waals surface area contributed by atoms with Gasteiger partial charge < -0.3 is 14.6 Å². The molecule has 0 spiro atoms. The van der Waals surface area contributed by atoms with Crippen molar-refractivity contribution in [2.75, 3.05) is 0 Å². The standard InChI is InChI=1S/C41H58O6/c1-26-17-22-41(36(45)46-25-28-11-9-8-10-12-28)24-23-39(6)29(35(41)27(26)2)13-14-31-38(5)20-19-32(47-34(44)16-15-33(42)43)37(3,4)30(38)18-21-40(31,39)7/h8-13,26-27,30-32,35H,14-25H2,1-7H3,(H,42,43)/t26-,27+,30+,31-,32+,35+,38+,39-,40-,41+/m1/s1. The zero-order valence-corrected chi connectivity index (χ0v) is 29.9. The minimum absolute atomic E-state index is 0.00732. The van der Waals surface area contributed by atoms with Crippen molar-refractivity contribution in [2.24, 2.45) is 56.7 Å². The molecule has 0 aliphatic heterocycles. The third kappa shape index (κ3) is 5.30. The molecule has 4 saturated carbocycles. The molecule has 0 aromatic heterocycles. The van der Waals surface area contributed by atoms with E-state index >= 15 is 0 Å². The molecular weight excluding hydrogens is 588 g/mol. The average Bonchev–Trinajstić information content (AvgIpc) is 3.02. The summed E-state index contributed by atoms with van der Waals surface area (Å²) in [5.74, 6) is 0.728. The van der Waals surface area contributed by atoms with Crippen molar-refractivity contribution in [1.29, 1.82) is 0 Å². The van der Waals surface area contributed by atoms with Crippen LogP contribution in [-0.2, 0) is 30.5 Å². The van der Waals surface area contributed by atoms with E-state index in [0.717, 1.165) is 63.4 Å². The van der Waals surface area contributed by atoms with Gasteiger partial charge in [0.15, 0.2) is 0 Å². The Morgan fingerprint density at radius 2 is 1.57 bits per heavy atom. The fourth-order valence-corrected chi connectivity index (χ4v) is 12.3. The minimum atomic E-state index is -0.969. The van der Waals surface area contributed by atoms with Gasteiger partial charge in [-0.15, -0.1) is 0 Å². The van der Waals surface area contributed by atoms with Gasteiger partial charge in [-0.05, 0) is 109 Å². The summed E-state index contributed by atoms with van der Waals surface area (Å²) in [6, 6.07) is 10.1. The number of esters is 2. The first-order valence-corrected chi connectivity index (χ1v) is 18.4. The second-order valence-electron chi connectivity index (χ2n) is 17.6. The summed E-state index contributed by atoms with van der Waals surface area (Å²) in [5.41, 5.74) is 2.13. The number of benzene rings is 1. The van der Waals surface area contributed by atoms with Crippen molar-refractivity contribution in [3.63, 3.8) is 0 Å². The fraction of sp³-hybridized carbons (Fsp3) is 0.732. The maximum atomic E-state index is 14.3. The Kier molecular flexibility index (Phi) is 8.78. The normalized spacial score (nSPS) is 42.0. The molecule has 6 nitrogen and oxygen atoms in total. The maximum Gasteiger partial charge on any atom is 0.313 e. The van der Waals surface area contributed by atoms with Crippen molar-refractivity contribution in [3.8, 4) is 0 Å². The van der Waals surface area contributed by atoms with Crippen molar-refractivity contribution >= 4 is 17.9 Å². The van der Waals surface area contributed by atoms with Crippen LogP contribution >= 0.6 is 0 Å². The first-order valence-electron chi connectivity index (χ1n) is 18.4. The minimum Gasteiger partial charge on any atom is -0.481 e. The highest BCUT2D eigenvalue weighted by atomic mass is 16.5. The van der Waals surface area contributed by atoms with Gasteiger partial charge in [0.05, 0.1) is 18.3 Å². The molecule has 4 fully saturated rings. The number of ether oxygens (including phenoxy) is 2. The van der Waals surface area contributed by atoms with Gasteiger partial charge in [-0.1, -0.05) is 90.4 Å². The quantitative estimate of drug-likeness (QED) is 0.235. The van der Waals surface area contributed by atoms with Gasteiger partial charge in [-0.25, -0.2) is 0 Å². The molecule has 1 N–H and O–H groups in total. The van der Waals surface area contributed by atoms with Crippen molar-refractivity contribution in [2.45, 2.75) is 132 Å². The molecule has 0 unspecified atom stereocenters. The Bertz CT molecular complexity index is 1410. The number of hydrogen-bond acceptors (Lipinski definition) is 5. The zero-order chi connectivity index (χ0) is 34.0. The van der Waals surface area contributed by atoms with Gasteiger partial charge in [0.2, 0.25) is 0 Å². The number of aliphatic carboxylic acids is 1. The largest absolute Gasteiger partial charge is 0.481 e. The molecule has 47 heavy (non-hydrogen) atoms. The van der Waals surface area contributed by atoms with Crippen molar-refractivity contribution < 1.29 is 29.0 Å². The SMILES string of the molecule is C[C@H]1[C@H](C)CC[C@]2(C(=O)OCc3ccccc3)CC[C@]3(C)C(=CC[C@@H]4[C@@]5(C)CC[C@H](OC(=O)CCC(=O)O)C(C)(C)[C@@H]5CC[C@]43C)[C@H]12. The van der Waals surface area contributed by atoms with Crippen LogP contribution in [0.3, 0.4) is 0 Å². The Labute approximate surface area is 282 Å². The monoisotopic (exact) mass is 646 g/mol. The second kappa shape index (κ2) is 12.1. The molecule has 0 saturated heterocycles. The van der Waals surface area contributed by atoms with E-state index < -0.39 is 17.4 Å². The average molecular weight is 647 g/mol. The summed E-state index contributed by atoms with van der Waals surface area (Å²) in [4.78, 5) is 38.0. The Hall–Kier alpha value is -2.63. The number of hydrogen-bond donors (Lipinski definition) is 1. The van der Waals surface area contributed by atoms with E-state index in [1.54, 1.807) is 5.57 Å². The van der Waals surface area contributed by atoms with Gasteiger partial charge in [0.1, 0.15) is 12.7 Å². The summed E-state index contributed by atoms with van der Waals surface area (Å²) in [6.45, 7) is 17.3. The number of carbonyl (C=O) groups is 3. The molecule has 5 aliphatic rings. The molecule has 1 aromatic carbocycles. The third-order valence-corrected chi connectivity index (χ3v) is 15.4. The van der Waals surface area contributed by atoms with Crippen molar-refractivity contribution in [3.05, 3.63) is 47.5 Å². The van der Waals surface area contributed by atoms with Crippen LogP contribution in [0.5, 0.6) is 0 Å². The Morgan fingerprint density at radius 1 is 0.851 bits per heavy atom. The van der Waals surface area contributed by atoms with Crippen LogP contribution in [0, 0.1) is 56.7 Å². The number of carbonyl (C=O) groups excluding carboxylic acids is 2. The first-order chi connectivity index (χ1) is 22.1. The lowest BCUT2D eigenvalue weighted by Crippen LogP contribution is -2.65. The first kappa shape index (κ1) is 34.2. The van der Waals surface area contributed by atoms with Crippen molar-refractivity contribution in [1.82, 2.24) is 0 Å². The highest BCUT2D eigenvalue weighted by Crippen LogP contribution is 2.76. The van der Waals surface area contributed by atoms with Crippen LogP contribution < -0.4 is 0 Å². The number of allylic oxidation sites excluding steroid dienone is 2. The van der Waals surface area contributed by atoms with E-state index in [0.29, 0.717) is 30.3 Å². The predicted molar refractivity (Wildman–Crippen MR) is 182 cm³/mol. The summed E-state index contributed by atoms with van der Waals surface area (Å²) in [7, 11) is 0. The van der Waals surface area contributed by atoms with E-state index in [1.165, 1.54) is 0 Å². The smallest absolute Gasteiger partial charge is 0.313 e. The summed E-state index contributed by atoms with van der Waals surface area (Å²) >= 11 is 0. The number of rotatable bonds is 7. The van der Waals surface area contributed by atoms with Gasteiger partial charge in [0.25, 0.3) is 0 Å². The number of fused-ring (bicyclic) bond motifs is 7. The molecule has 6 heteroatoms. The molecule has 1 aromatic rings. The second-order valence-corrected chi connectivity index (χ2v) is 17.6. The molecular formula is C41H58O6. The van der Waals surface area contributed by atoms with Crippen LogP contribution in [0.2, 0.25) is 0 Å². The molecule has 0 heterocycles. The Morgan fingerprint density at radius 3 is 2.28 bits per heavy atom. The van der Waals surface area contributed by atoms with Gasteiger partial charge in [-0.3, -0.25) is 14.4 Å². The number of carboxylic acid groups (broad SMARTS) is 1. The number of carboxylic acids is 1. The van der Waals surface area contributed by atoms with Gasteiger partial charge in [0, 0.05) is 5.41 Å². The van der Waals surface area contributed by atoms with Crippen LogP contribution in [0.15, 0.2) is 42.0 Å². The lowest BCUT2D eigenvalue weighted by molar-refractivity contribution is -0.215. The molecule has 6 rings (SSSR count). The van der Waals surface area contributed by atoms with Gasteiger partial charge >= 0.3 is 17.9 Å². The van der Waals surface area contributed by atoms with E-state index in [9.17, 15) is 14.4 Å². The van der Waals surface area contributed by atoms with E-state index in [-0.39, 0.29) is 52.5 Å². The highest BCUT2D eigenvalue weighted by molar-refractivity contribution is 5.79. The van der Waals surface area contributed by atoms with E-state index in [1.807, 2.05) is 30.3 Å². The lowest BCUT2D eigenvalue weighted by atomic mass is 9.33. The lowest BCUT2D eigenvalue weighted by Gasteiger charge is -2.71. The summed E-state index contributed by atoms with van der Waals surface area (Å²) < 4.78 is 12.2. The molecule has 0 amide bonds. The van der Waals surface area contributed by atoms with E-state index in [2.05, 4.69) is 54.5 Å². The molecule has 0 bridgehead atoms.